The van der Waals surface area contributed by atoms with Crippen molar-refractivity contribution in [3.63, 3.8) is 0 Å². The summed E-state index contributed by atoms with van der Waals surface area (Å²) in [6.07, 6.45) is 0. The molecule has 1 N–H and O–H groups in total. The van der Waals surface area contributed by atoms with Crippen LogP contribution < -0.4 is 14.4 Å². The number of aryl methyl sites for hydroxylation is 1. The number of carbonyl (C=O) groups excluding carboxylic acids is 1. The van der Waals surface area contributed by atoms with Crippen LogP contribution in [0.15, 0.2) is 83.8 Å². The fourth-order valence-corrected chi connectivity index (χ4v) is 4.67. The molecule has 0 spiro atoms. The quantitative estimate of drug-likeness (QED) is 0.550. The van der Waals surface area contributed by atoms with E-state index >= 15 is 0 Å². The number of nitrogens with one attached hydrogen (secondary N) is 1. The Morgan fingerprint density at radius 1 is 0.968 bits per heavy atom. The Balaban J connectivity index is 1.81. The van der Waals surface area contributed by atoms with Gasteiger partial charge in [0.25, 0.3) is 10.0 Å². The molecule has 0 aliphatic carbocycles. The van der Waals surface area contributed by atoms with Crippen molar-refractivity contribution in [2.24, 2.45) is 0 Å². The van der Waals surface area contributed by atoms with Crippen LogP contribution in [0, 0.1) is 6.92 Å². The van der Waals surface area contributed by atoms with Crippen LogP contribution in [0.5, 0.6) is 5.75 Å². The highest BCUT2D eigenvalue weighted by Crippen LogP contribution is 2.26. The highest BCUT2D eigenvalue weighted by atomic mass is 32.2. The van der Waals surface area contributed by atoms with Crippen LogP contribution >= 0.6 is 0 Å². The topological polar surface area (TPSA) is 75.7 Å². The number of amides is 1. The lowest BCUT2D eigenvalue weighted by Gasteiger charge is -2.25. The molecule has 3 aromatic carbocycles. The highest BCUT2D eigenvalue weighted by Gasteiger charge is 2.27. The van der Waals surface area contributed by atoms with Gasteiger partial charge in [-0.25, -0.2) is 8.42 Å². The third-order valence-electron chi connectivity index (χ3n) is 4.70. The number of carbonyl (C=O) groups is 1. The Labute approximate surface area is 183 Å². The van der Waals surface area contributed by atoms with Gasteiger partial charge in [-0.2, -0.15) is 0 Å². The van der Waals surface area contributed by atoms with Crippen LogP contribution in [0.3, 0.4) is 0 Å². The standard InChI is InChI=1S/C24H26N2O4S/c1-3-30-21-12-9-11-20(16-21)17-25-24(27)18-26(23-15-8-7-10-19(23)2)31(28,29)22-13-5-4-6-14-22/h4-16H,3,17-18H2,1-2H3,(H,25,27). The van der Waals surface area contributed by atoms with E-state index in [0.717, 1.165) is 21.2 Å². The van der Waals surface area contributed by atoms with E-state index in [0.29, 0.717) is 12.3 Å². The molecule has 0 aromatic heterocycles. The molecule has 0 saturated heterocycles. The molecule has 162 valence electrons. The van der Waals surface area contributed by atoms with Gasteiger partial charge in [-0.3, -0.25) is 9.10 Å². The first kappa shape index (κ1) is 22.4. The first-order valence-corrected chi connectivity index (χ1v) is 11.5. The van der Waals surface area contributed by atoms with Crippen molar-refractivity contribution in [1.82, 2.24) is 5.32 Å². The van der Waals surface area contributed by atoms with Gasteiger partial charge in [0.05, 0.1) is 17.2 Å². The zero-order chi connectivity index (χ0) is 22.3. The lowest BCUT2D eigenvalue weighted by atomic mass is 10.2. The zero-order valence-corrected chi connectivity index (χ0v) is 18.4. The van der Waals surface area contributed by atoms with Gasteiger partial charge < -0.3 is 10.1 Å². The molecule has 0 aliphatic heterocycles. The molecular weight excluding hydrogens is 412 g/mol. The zero-order valence-electron chi connectivity index (χ0n) is 17.6. The van der Waals surface area contributed by atoms with E-state index in [2.05, 4.69) is 5.32 Å². The minimum Gasteiger partial charge on any atom is -0.494 e. The first-order chi connectivity index (χ1) is 14.9. The average Bonchev–Trinajstić information content (AvgIpc) is 2.78. The van der Waals surface area contributed by atoms with E-state index in [1.54, 1.807) is 30.3 Å². The van der Waals surface area contributed by atoms with Crippen molar-refractivity contribution in [3.05, 3.63) is 90.0 Å². The van der Waals surface area contributed by atoms with Crippen molar-refractivity contribution in [2.45, 2.75) is 25.3 Å². The van der Waals surface area contributed by atoms with Gasteiger partial charge in [-0.05, 0) is 55.3 Å². The van der Waals surface area contributed by atoms with Crippen LogP contribution in [0.25, 0.3) is 0 Å². The Hall–Kier alpha value is -3.32. The predicted octanol–water partition coefficient (Wildman–Crippen LogP) is 3.91. The summed E-state index contributed by atoms with van der Waals surface area (Å²) in [6.45, 7) is 4.22. The molecule has 6 nitrogen and oxygen atoms in total. The Morgan fingerprint density at radius 2 is 1.68 bits per heavy atom. The monoisotopic (exact) mass is 438 g/mol. The normalized spacial score (nSPS) is 11.0. The third kappa shape index (κ3) is 5.64. The SMILES string of the molecule is CCOc1cccc(CNC(=O)CN(c2ccccc2C)S(=O)(=O)c2ccccc2)c1. The van der Waals surface area contributed by atoms with Gasteiger partial charge in [0.15, 0.2) is 0 Å². The lowest BCUT2D eigenvalue weighted by molar-refractivity contribution is -0.119. The van der Waals surface area contributed by atoms with Crippen LogP contribution in [0.1, 0.15) is 18.1 Å². The first-order valence-electron chi connectivity index (χ1n) is 10.0. The largest absolute Gasteiger partial charge is 0.494 e. The molecule has 3 aromatic rings. The van der Waals surface area contributed by atoms with Gasteiger partial charge >= 0.3 is 0 Å². The molecule has 0 fully saturated rings. The maximum absolute atomic E-state index is 13.3. The molecule has 3 rings (SSSR count). The van der Waals surface area contributed by atoms with Gasteiger partial charge in [0, 0.05) is 6.54 Å². The fraction of sp³-hybridized carbons (Fsp3) is 0.208. The summed E-state index contributed by atoms with van der Waals surface area (Å²) in [5.74, 6) is 0.326. The summed E-state index contributed by atoms with van der Waals surface area (Å²) < 4.78 is 33.3. The van der Waals surface area contributed by atoms with Gasteiger partial charge in [0.1, 0.15) is 12.3 Å². The van der Waals surface area contributed by atoms with Crippen molar-refractivity contribution >= 4 is 21.6 Å². The maximum Gasteiger partial charge on any atom is 0.264 e. The smallest absolute Gasteiger partial charge is 0.264 e. The summed E-state index contributed by atoms with van der Waals surface area (Å²) in [4.78, 5) is 12.9. The summed E-state index contributed by atoms with van der Waals surface area (Å²) in [7, 11) is -3.92. The average molecular weight is 439 g/mol. The summed E-state index contributed by atoms with van der Waals surface area (Å²) in [6, 6.07) is 22.7. The second-order valence-electron chi connectivity index (χ2n) is 6.97. The highest BCUT2D eigenvalue weighted by molar-refractivity contribution is 7.92. The molecule has 1 amide bonds. The maximum atomic E-state index is 13.3. The molecule has 7 heteroatoms. The number of rotatable bonds is 9. The van der Waals surface area contributed by atoms with Crippen molar-refractivity contribution in [1.29, 1.82) is 0 Å². The molecule has 0 atom stereocenters. The third-order valence-corrected chi connectivity index (χ3v) is 6.48. The number of nitrogens with zero attached hydrogens (tertiary/aromatic N) is 1. The lowest BCUT2D eigenvalue weighted by Crippen LogP contribution is -2.41. The number of hydrogen-bond donors (Lipinski definition) is 1. The number of benzene rings is 3. The van der Waals surface area contributed by atoms with E-state index in [1.165, 1.54) is 12.1 Å². The van der Waals surface area contributed by atoms with Gasteiger partial charge in [-0.15, -0.1) is 0 Å². The van der Waals surface area contributed by atoms with Crippen molar-refractivity contribution in [3.8, 4) is 5.75 Å². The molecular formula is C24H26N2O4S. The Morgan fingerprint density at radius 3 is 2.39 bits per heavy atom. The van der Waals surface area contributed by atoms with Crippen LogP contribution in [-0.2, 0) is 21.4 Å². The summed E-state index contributed by atoms with van der Waals surface area (Å²) in [5.41, 5.74) is 2.10. The van der Waals surface area contributed by atoms with E-state index in [4.69, 9.17) is 4.74 Å². The van der Waals surface area contributed by atoms with Crippen LogP contribution in [0.2, 0.25) is 0 Å². The minimum atomic E-state index is -3.92. The van der Waals surface area contributed by atoms with Gasteiger partial charge in [-0.1, -0.05) is 48.5 Å². The van der Waals surface area contributed by atoms with E-state index in [9.17, 15) is 13.2 Å². The molecule has 0 heterocycles. The molecule has 0 unspecified atom stereocenters. The Kier molecular flexibility index (Phi) is 7.31. The number of sulfonamides is 1. The number of ether oxygens (including phenoxy) is 1. The van der Waals surface area contributed by atoms with Crippen LogP contribution in [-0.4, -0.2) is 27.5 Å². The summed E-state index contributed by atoms with van der Waals surface area (Å²) >= 11 is 0. The number of hydrogen-bond acceptors (Lipinski definition) is 4. The number of anilines is 1. The molecule has 31 heavy (non-hydrogen) atoms. The molecule has 0 saturated carbocycles. The second-order valence-corrected chi connectivity index (χ2v) is 8.83. The van der Waals surface area contributed by atoms with Crippen molar-refractivity contribution in [2.75, 3.05) is 17.5 Å². The number of para-hydroxylation sites is 1. The van der Waals surface area contributed by atoms with E-state index in [-0.39, 0.29) is 18.0 Å². The molecule has 0 bridgehead atoms. The van der Waals surface area contributed by atoms with E-state index in [1.807, 2.05) is 50.2 Å². The fourth-order valence-electron chi connectivity index (χ4n) is 3.16. The van der Waals surface area contributed by atoms with E-state index < -0.39 is 15.9 Å². The van der Waals surface area contributed by atoms with Crippen LogP contribution in [0.4, 0.5) is 5.69 Å². The van der Waals surface area contributed by atoms with Gasteiger partial charge in [0.2, 0.25) is 5.91 Å². The Bertz CT molecular complexity index is 1130. The minimum absolute atomic E-state index is 0.135. The molecule has 0 aliphatic rings. The van der Waals surface area contributed by atoms with Crippen molar-refractivity contribution < 1.29 is 17.9 Å². The predicted molar refractivity (Wildman–Crippen MR) is 122 cm³/mol. The summed E-state index contributed by atoms with van der Waals surface area (Å²) in [5, 5.41) is 2.81. The molecule has 0 radical (unpaired) electrons. The second kappa shape index (κ2) is 10.1.